The average Bonchev–Trinajstić information content (AvgIpc) is 3.16. The molecule has 0 fully saturated rings. The molecule has 2 heterocycles. The molecule has 0 saturated heterocycles. The molecule has 0 saturated carbocycles. The van der Waals surface area contributed by atoms with Crippen LogP contribution in [0.3, 0.4) is 0 Å². The number of rotatable bonds is 11. The topological polar surface area (TPSA) is 61.3 Å². The lowest BCUT2D eigenvalue weighted by Gasteiger charge is -2.09. The number of nitrogens with zero attached hydrogens (tertiary/aromatic N) is 1. The van der Waals surface area contributed by atoms with Crippen LogP contribution in [0.2, 0.25) is 0 Å². The number of hydrogen-bond acceptors (Lipinski definition) is 5. The number of nitrogens with two attached hydrogens (primary N) is 1. The number of furan rings is 1. The van der Waals surface area contributed by atoms with E-state index in [9.17, 15) is 0 Å². The van der Waals surface area contributed by atoms with Gasteiger partial charge in [0.15, 0.2) is 0 Å². The van der Waals surface area contributed by atoms with Gasteiger partial charge in [-0.05, 0) is 61.3 Å². The van der Waals surface area contributed by atoms with E-state index in [1.165, 1.54) is 11.1 Å². The van der Waals surface area contributed by atoms with E-state index in [1.807, 2.05) is 48.3 Å². The lowest BCUT2D eigenvalue weighted by atomic mass is 10.1. The predicted molar refractivity (Wildman–Crippen MR) is 133 cm³/mol. The van der Waals surface area contributed by atoms with Crippen molar-refractivity contribution < 1.29 is 9.15 Å². The summed E-state index contributed by atoms with van der Waals surface area (Å²) in [6, 6.07) is 20.6. The Labute approximate surface area is 194 Å². The molecule has 2 N–H and O–H groups in total. The van der Waals surface area contributed by atoms with E-state index in [1.54, 1.807) is 0 Å². The highest BCUT2D eigenvalue weighted by atomic mass is 32.2. The summed E-state index contributed by atoms with van der Waals surface area (Å²) in [4.78, 5) is 4.46. The van der Waals surface area contributed by atoms with Crippen molar-refractivity contribution in [3.8, 4) is 5.75 Å². The molecular formula is C27H30N2O2S. The summed E-state index contributed by atoms with van der Waals surface area (Å²) in [5.41, 5.74) is 11.4. The quantitative estimate of drug-likeness (QED) is 0.283. The molecule has 0 bridgehead atoms. The van der Waals surface area contributed by atoms with E-state index in [-0.39, 0.29) is 0 Å². The maximum atomic E-state index is 6.17. The van der Waals surface area contributed by atoms with Gasteiger partial charge >= 0.3 is 0 Å². The summed E-state index contributed by atoms with van der Waals surface area (Å²) < 4.78 is 12.3. The molecule has 2 aromatic carbocycles. The number of aromatic nitrogens is 1. The zero-order valence-electron chi connectivity index (χ0n) is 18.5. The molecule has 32 heavy (non-hydrogen) atoms. The highest BCUT2D eigenvalue weighted by molar-refractivity contribution is 7.98. The lowest BCUT2D eigenvalue weighted by molar-refractivity contribution is 0.314. The number of benzene rings is 2. The van der Waals surface area contributed by atoms with E-state index in [2.05, 4.69) is 42.2 Å². The van der Waals surface area contributed by atoms with E-state index < -0.39 is 0 Å². The van der Waals surface area contributed by atoms with Gasteiger partial charge in [0, 0.05) is 24.0 Å². The number of thioether (sulfide) groups is 1. The maximum Gasteiger partial charge on any atom is 0.138 e. The molecule has 4 rings (SSSR count). The van der Waals surface area contributed by atoms with Crippen LogP contribution in [-0.4, -0.2) is 17.3 Å². The third-order valence-electron chi connectivity index (χ3n) is 5.65. The zero-order chi connectivity index (χ0) is 22.2. The molecule has 4 aromatic rings. The van der Waals surface area contributed by atoms with Gasteiger partial charge in [-0.1, -0.05) is 42.5 Å². The molecule has 0 radical (unpaired) electrons. The lowest BCUT2D eigenvalue weighted by Crippen LogP contribution is -2.06. The Balaban J connectivity index is 1.34. The van der Waals surface area contributed by atoms with Crippen LogP contribution in [0, 0.1) is 6.92 Å². The summed E-state index contributed by atoms with van der Waals surface area (Å²) in [6.07, 6.45) is 4.64. The molecule has 2 aromatic heterocycles. The number of fused-ring (bicyclic) bond motifs is 1. The molecule has 0 aliphatic rings. The van der Waals surface area contributed by atoms with Gasteiger partial charge in [-0.2, -0.15) is 11.8 Å². The van der Waals surface area contributed by atoms with Gasteiger partial charge < -0.3 is 14.9 Å². The van der Waals surface area contributed by atoms with E-state index >= 15 is 0 Å². The highest BCUT2D eigenvalue weighted by Gasteiger charge is 2.15. The third-order valence-corrected chi connectivity index (χ3v) is 6.60. The van der Waals surface area contributed by atoms with Crippen molar-refractivity contribution in [1.29, 1.82) is 0 Å². The average molecular weight is 447 g/mol. The van der Waals surface area contributed by atoms with Crippen molar-refractivity contribution in [2.45, 2.75) is 38.5 Å². The van der Waals surface area contributed by atoms with Crippen molar-refractivity contribution in [3.05, 3.63) is 95.0 Å². The Bertz CT molecular complexity index is 1140. The SMILES string of the molecule is Cc1c(CSCCc2ccccc2)oc2cccc(OCCCc3ncccc3CN)c12. The normalized spacial score (nSPS) is 11.2. The van der Waals surface area contributed by atoms with Gasteiger partial charge in [0.05, 0.1) is 17.7 Å². The molecule has 0 spiro atoms. The molecular weight excluding hydrogens is 416 g/mol. The van der Waals surface area contributed by atoms with E-state index in [0.717, 1.165) is 64.5 Å². The minimum atomic E-state index is 0.518. The molecule has 0 aliphatic heterocycles. The smallest absolute Gasteiger partial charge is 0.138 e. The second kappa shape index (κ2) is 11.2. The van der Waals surface area contributed by atoms with Crippen LogP contribution in [0.4, 0.5) is 0 Å². The minimum absolute atomic E-state index is 0.518. The van der Waals surface area contributed by atoms with Crippen molar-refractivity contribution in [2.24, 2.45) is 5.73 Å². The second-order valence-electron chi connectivity index (χ2n) is 7.83. The summed E-state index contributed by atoms with van der Waals surface area (Å²) in [5.74, 6) is 3.87. The van der Waals surface area contributed by atoms with Gasteiger partial charge in [0.2, 0.25) is 0 Å². The van der Waals surface area contributed by atoms with E-state index in [4.69, 9.17) is 14.9 Å². The molecule has 0 amide bonds. The fourth-order valence-corrected chi connectivity index (χ4v) is 4.86. The van der Waals surface area contributed by atoms with Crippen LogP contribution in [0.1, 0.15) is 34.6 Å². The fraction of sp³-hybridized carbons (Fsp3) is 0.296. The summed E-state index contributed by atoms with van der Waals surface area (Å²) in [5, 5.41) is 1.09. The summed E-state index contributed by atoms with van der Waals surface area (Å²) in [7, 11) is 0. The number of aryl methyl sites for hydroxylation is 3. The van der Waals surface area contributed by atoms with Crippen LogP contribution in [0.5, 0.6) is 5.75 Å². The fourth-order valence-electron chi connectivity index (χ4n) is 3.88. The minimum Gasteiger partial charge on any atom is -0.493 e. The first kappa shape index (κ1) is 22.4. The zero-order valence-corrected chi connectivity index (χ0v) is 19.4. The Hall–Kier alpha value is -2.76. The van der Waals surface area contributed by atoms with Crippen LogP contribution >= 0.6 is 11.8 Å². The number of hydrogen-bond donors (Lipinski definition) is 1. The van der Waals surface area contributed by atoms with Crippen molar-refractivity contribution in [2.75, 3.05) is 12.4 Å². The number of pyridine rings is 1. The highest BCUT2D eigenvalue weighted by Crippen LogP contribution is 2.35. The standard InChI is InChI=1S/C27H30N2O2S/c1-20-26(19-32-17-14-21-8-3-2-4-9-21)31-25-13-5-12-24(27(20)25)30-16-7-11-23-22(18-28)10-6-15-29-23/h2-6,8-10,12-13,15H,7,11,14,16-19,28H2,1H3. The molecule has 5 heteroatoms. The maximum absolute atomic E-state index is 6.17. The van der Waals surface area contributed by atoms with Crippen LogP contribution in [0.25, 0.3) is 11.0 Å². The van der Waals surface area contributed by atoms with Crippen LogP contribution in [-0.2, 0) is 25.1 Å². The Morgan fingerprint density at radius 3 is 2.72 bits per heavy atom. The monoisotopic (exact) mass is 446 g/mol. The third kappa shape index (κ3) is 5.53. The predicted octanol–water partition coefficient (Wildman–Crippen LogP) is 6.08. The van der Waals surface area contributed by atoms with Gasteiger partial charge in [-0.15, -0.1) is 0 Å². The molecule has 0 unspecified atom stereocenters. The van der Waals surface area contributed by atoms with Gasteiger partial charge in [-0.25, -0.2) is 0 Å². The van der Waals surface area contributed by atoms with Crippen molar-refractivity contribution in [1.82, 2.24) is 4.98 Å². The van der Waals surface area contributed by atoms with Crippen LogP contribution < -0.4 is 10.5 Å². The Kier molecular flexibility index (Phi) is 7.86. The van der Waals surface area contributed by atoms with Crippen LogP contribution in [0.15, 0.2) is 71.3 Å². The summed E-state index contributed by atoms with van der Waals surface area (Å²) in [6.45, 7) is 3.28. The first-order valence-electron chi connectivity index (χ1n) is 11.1. The van der Waals surface area contributed by atoms with Gasteiger partial charge in [-0.3, -0.25) is 4.98 Å². The second-order valence-corrected chi connectivity index (χ2v) is 8.94. The molecule has 0 atom stereocenters. The largest absolute Gasteiger partial charge is 0.493 e. The van der Waals surface area contributed by atoms with Crippen molar-refractivity contribution >= 4 is 22.7 Å². The number of ether oxygens (including phenoxy) is 1. The molecule has 166 valence electrons. The van der Waals surface area contributed by atoms with Gasteiger partial charge in [0.25, 0.3) is 0 Å². The Morgan fingerprint density at radius 1 is 1.00 bits per heavy atom. The van der Waals surface area contributed by atoms with Gasteiger partial charge in [0.1, 0.15) is 17.1 Å². The van der Waals surface area contributed by atoms with E-state index in [0.29, 0.717) is 13.2 Å². The molecule has 4 nitrogen and oxygen atoms in total. The van der Waals surface area contributed by atoms with Crippen molar-refractivity contribution in [3.63, 3.8) is 0 Å². The summed E-state index contributed by atoms with van der Waals surface area (Å²) >= 11 is 1.91. The Morgan fingerprint density at radius 2 is 1.88 bits per heavy atom. The first-order chi connectivity index (χ1) is 15.8. The molecule has 0 aliphatic carbocycles. The first-order valence-corrected chi connectivity index (χ1v) is 12.3.